The Balaban J connectivity index is 1.77. The number of para-hydroxylation sites is 1. The van der Waals surface area contributed by atoms with Crippen LogP contribution in [0.25, 0.3) is 10.9 Å². The van der Waals surface area contributed by atoms with Gasteiger partial charge in [-0.15, -0.1) is 0 Å². The second-order valence-electron chi connectivity index (χ2n) is 9.93. The first-order valence-electron chi connectivity index (χ1n) is 12.2. The number of aromatic amines is 1. The number of carbonyl (C=O) groups excluding carboxylic acids is 4. The summed E-state index contributed by atoms with van der Waals surface area (Å²) in [6.45, 7) is 6.11. The van der Waals surface area contributed by atoms with Crippen LogP contribution in [0.3, 0.4) is 0 Å². The summed E-state index contributed by atoms with van der Waals surface area (Å²) in [6, 6.07) is 8.69. The zero-order valence-electron chi connectivity index (χ0n) is 22.2. The Kier molecular flexibility index (Phi) is 8.55. The Hall–Kier alpha value is -4.51. The van der Waals surface area contributed by atoms with Gasteiger partial charge in [-0.05, 0) is 43.2 Å². The van der Waals surface area contributed by atoms with Crippen molar-refractivity contribution in [2.75, 3.05) is 6.61 Å². The van der Waals surface area contributed by atoms with Gasteiger partial charge in [-0.1, -0.05) is 38.1 Å². The molecule has 11 nitrogen and oxygen atoms in total. The van der Waals surface area contributed by atoms with E-state index < -0.39 is 59.9 Å². The maximum Gasteiger partial charge on any atom is 0.305 e. The minimum absolute atomic E-state index is 0.0334. The van der Waals surface area contributed by atoms with Gasteiger partial charge in [0.05, 0.1) is 29.1 Å². The molecule has 0 saturated carbocycles. The summed E-state index contributed by atoms with van der Waals surface area (Å²) in [4.78, 5) is 65.6. The van der Waals surface area contributed by atoms with Crippen molar-refractivity contribution in [2.45, 2.75) is 46.2 Å². The summed E-state index contributed by atoms with van der Waals surface area (Å²) in [7, 11) is 0. The molecular formula is C28H32N4O7. The summed E-state index contributed by atoms with van der Waals surface area (Å²) in [5.74, 6) is -4.15. The van der Waals surface area contributed by atoms with Gasteiger partial charge in [0, 0.05) is 10.9 Å². The van der Waals surface area contributed by atoms with Crippen LogP contribution in [0, 0.1) is 19.3 Å². The van der Waals surface area contributed by atoms with Crippen molar-refractivity contribution in [1.82, 2.24) is 10.3 Å². The smallest absolute Gasteiger partial charge is 0.305 e. The molecule has 0 saturated heterocycles. The quantitative estimate of drug-likeness (QED) is 0.217. The lowest BCUT2D eigenvalue weighted by molar-refractivity contribution is -0.140. The first kappa shape index (κ1) is 29.1. The number of aromatic nitrogens is 1. The molecule has 1 unspecified atom stereocenters. The molecule has 0 aliphatic heterocycles. The van der Waals surface area contributed by atoms with Crippen LogP contribution < -0.4 is 21.5 Å². The Morgan fingerprint density at radius 1 is 1.05 bits per heavy atom. The first-order valence-corrected chi connectivity index (χ1v) is 12.2. The molecule has 0 spiro atoms. The van der Waals surface area contributed by atoms with Crippen LogP contribution in [0.5, 0.6) is 5.75 Å². The number of hydrogen-bond acceptors (Lipinski definition) is 7. The fourth-order valence-electron chi connectivity index (χ4n) is 4.37. The minimum atomic E-state index is -1.50. The molecule has 206 valence electrons. The van der Waals surface area contributed by atoms with Gasteiger partial charge in [-0.3, -0.25) is 24.0 Å². The number of ether oxygens (including phenoxy) is 1. The maximum atomic E-state index is 13.5. The number of nitrogens with one attached hydrogen (secondary N) is 2. The van der Waals surface area contributed by atoms with Crippen LogP contribution in [0.1, 0.15) is 52.2 Å². The molecule has 0 radical (unpaired) electrons. The number of H-pyrrole nitrogens is 1. The van der Waals surface area contributed by atoms with Gasteiger partial charge in [0.2, 0.25) is 5.91 Å². The van der Waals surface area contributed by atoms with Gasteiger partial charge < -0.3 is 31.6 Å². The van der Waals surface area contributed by atoms with E-state index in [0.29, 0.717) is 5.69 Å². The lowest BCUT2D eigenvalue weighted by atomic mass is 9.78. The molecule has 3 aromatic rings. The van der Waals surface area contributed by atoms with Crippen LogP contribution in [0.4, 0.5) is 0 Å². The summed E-state index contributed by atoms with van der Waals surface area (Å²) in [5, 5.41) is 12.6. The highest BCUT2D eigenvalue weighted by atomic mass is 16.5. The largest absolute Gasteiger partial charge is 0.485 e. The fourth-order valence-corrected chi connectivity index (χ4v) is 4.37. The number of Topliss-reactive ketones (excluding diaryl/α,β-unsaturated/α-hetero) is 2. The third-order valence-corrected chi connectivity index (χ3v) is 6.76. The SMILES string of the molecule is Cc1cccc2[nH]c(C(=O)C(C)(C)[C@H](N)C(=O)NC(CC(=O)O)C(=O)COc3ccccc3C(N)=O)c(C)c12. The number of nitrogens with two attached hydrogens (primary N) is 2. The molecule has 7 N–H and O–H groups in total. The van der Waals surface area contributed by atoms with Crippen LogP contribution >= 0.6 is 0 Å². The van der Waals surface area contributed by atoms with E-state index in [1.807, 2.05) is 25.1 Å². The van der Waals surface area contributed by atoms with Crippen LogP contribution in [-0.2, 0) is 14.4 Å². The summed E-state index contributed by atoms with van der Waals surface area (Å²) in [5.41, 5.74) is 12.9. The monoisotopic (exact) mass is 536 g/mol. The molecule has 11 heteroatoms. The first-order chi connectivity index (χ1) is 18.2. The number of carbonyl (C=O) groups is 5. The molecule has 1 aromatic heterocycles. The highest BCUT2D eigenvalue weighted by molar-refractivity contribution is 6.08. The van der Waals surface area contributed by atoms with E-state index in [-0.39, 0.29) is 11.3 Å². The lowest BCUT2D eigenvalue weighted by Gasteiger charge is -2.30. The number of carboxylic acid groups (broad SMARTS) is 1. The van der Waals surface area contributed by atoms with Crippen molar-refractivity contribution < 1.29 is 33.8 Å². The van der Waals surface area contributed by atoms with Gasteiger partial charge in [0.15, 0.2) is 11.6 Å². The van der Waals surface area contributed by atoms with Crippen molar-refractivity contribution in [2.24, 2.45) is 16.9 Å². The van der Waals surface area contributed by atoms with Crippen molar-refractivity contribution in [3.8, 4) is 5.75 Å². The highest BCUT2D eigenvalue weighted by Crippen LogP contribution is 2.31. The lowest BCUT2D eigenvalue weighted by Crippen LogP contribution is -2.57. The van der Waals surface area contributed by atoms with E-state index in [2.05, 4.69) is 10.3 Å². The number of fused-ring (bicyclic) bond motifs is 1. The molecule has 0 aliphatic rings. The van der Waals surface area contributed by atoms with E-state index in [0.717, 1.165) is 22.0 Å². The van der Waals surface area contributed by atoms with Crippen molar-refractivity contribution >= 4 is 40.3 Å². The zero-order valence-corrected chi connectivity index (χ0v) is 22.2. The number of amides is 2. The average molecular weight is 537 g/mol. The Bertz CT molecular complexity index is 1460. The molecule has 3 rings (SSSR count). The van der Waals surface area contributed by atoms with E-state index in [1.165, 1.54) is 26.0 Å². The molecule has 39 heavy (non-hydrogen) atoms. The normalized spacial score (nSPS) is 12.9. The third-order valence-electron chi connectivity index (χ3n) is 6.76. The van der Waals surface area contributed by atoms with E-state index in [9.17, 15) is 29.1 Å². The summed E-state index contributed by atoms with van der Waals surface area (Å²) < 4.78 is 5.40. The van der Waals surface area contributed by atoms with Crippen LogP contribution in [-0.4, -0.2) is 58.1 Å². The van der Waals surface area contributed by atoms with Gasteiger partial charge in [0.25, 0.3) is 5.91 Å². The topological polar surface area (TPSA) is 195 Å². The third kappa shape index (κ3) is 6.15. The van der Waals surface area contributed by atoms with Crippen molar-refractivity contribution in [3.05, 3.63) is 64.8 Å². The number of rotatable bonds is 12. The molecule has 0 bridgehead atoms. The standard InChI is InChI=1S/C28H32N4O7/c1-14-8-7-10-17-22(14)15(2)23(31-17)25(36)28(3,4)24(29)27(38)32-18(12-21(34)35)19(33)13-39-20-11-6-5-9-16(20)26(30)37/h5-11,18,24,31H,12-13,29H2,1-4H3,(H2,30,37)(H,32,38)(H,34,35)/t18?,24-/m1/s1. The zero-order chi connectivity index (χ0) is 29.1. The second-order valence-corrected chi connectivity index (χ2v) is 9.93. The number of benzene rings is 2. The van der Waals surface area contributed by atoms with Crippen molar-refractivity contribution in [1.29, 1.82) is 0 Å². The maximum absolute atomic E-state index is 13.5. The van der Waals surface area contributed by atoms with Gasteiger partial charge in [0.1, 0.15) is 18.4 Å². The molecule has 2 aromatic carbocycles. The highest BCUT2D eigenvalue weighted by Gasteiger charge is 2.42. The Labute approximate surface area is 224 Å². The molecule has 1 heterocycles. The van der Waals surface area contributed by atoms with Gasteiger partial charge >= 0.3 is 5.97 Å². The predicted molar refractivity (Wildman–Crippen MR) is 144 cm³/mol. The van der Waals surface area contributed by atoms with E-state index in [1.54, 1.807) is 19.1 Å². The number of ketones is 2. The fraction of sp³-hybridized carbons (Fsp3) is 0.321. The summed E-state index contributed by atoms with van der Waals surface area (Å²) in [6.07, 6.45) is -0.743. The van der Waals surface area contributed by atoms with Gasteiger partial charge in [-0.2, -0.15) is 0 Å². The number of aryl methyl sites for hydroxylation is 2. The predicted octanol–water partition coefficient (Wildman–Crippen LogP) is 2.03. The molecule has 2 amide bonds. The molecule has 0 fully saturated rings. The Morgan fingerprint density at radius 2 is 1.72 bits per heavy atom. The van der Waals surface area contributed by atoms with Crippen LogP contribution in [0.2, 0.25) is 0 Å². The summed E-state index contributed by atoms with van der Waals surface area (Å²) >= 11 is 0. The average Bonchev–Trinajstić information content (AvgIpc) is 3.22. The molecular weight excluding hydrogens is 504 g/mol. The molecule has 2 atom stereocenters. The van der Waals surface area contributed by atoms with E-state index >= 15 is 0 Å². The Morgan fingerprint density at radius 3 is 2.33 bits per heavy atom. The van der Waals surface area contributed by atoms with E-state index in [4.69, 9.17) is 16.2 Å². The van der Waals surface area contributed by atoms with Gasteiger partial charge in [-0.25, -0.2) is 0 Å². The minimum Gasteiger partial charge on any atom is -0.485 e. The number of carboxylic acids is 1. The molecule has 0 aliphatic carbocycles. The number of hydrogen-bond donors (Lipinski definition) is 5. The van der Waals surface area contributed by atoms with Crippen molar-refractivity contribution in [3.63, 3.8) is 0 Å². The van der Waals surface area contributed by atoms with Crippen LogP contribution in [0.15, 0.2) is 42.5 Å². The number of primary amides is 1. The number of aliphatic carboxylic acids is 1. The second kappa shape index (κ2) is 11.5.